The molecule has 0 aromatic rings. The highest BCUT2D eigenvalue weighted by atomic mass is 32.2. The number of aliphatic carboxylic acids is 1. The molecular weight excluding hydrogens is 214 g/mol. The number of carboxylic acid groups (broad SMARTS) is 1. The molecule has 86 valence electrons. The standard InChI is InChI=1S/C10H17NO3S/c1-10(5-3-7-15-10)9(14)11-6-2-4-8(12)13/h2-7H2,1H3,(H,11,14)(H,12,13). The predicted octanol–water partition coefficient (Wildman–Crippen LogP) is 1.25. The first-order valence-corrected chi connectivity index (χ1v) is 6.17. The summed E-state index contributed by atoms with van der Waals surface area (Å²) in [5.74, 6) is 0.278. The van der Waals surface area contributed by atoms with E-state index in [0.29, 0.717) is 13.0 Å². The summed E-state index contributed by atoms with van der Waals surface area (Å²) in [6.45, 7) is 2.42. The summed E-state index contributed by atoms with van der Waals surface area (Å²) in [5.41, 5.74) is 0. The molecule has 0 aromatic heterocycles. The minimum absolute atomic E-state index is 0.0513. The Hall–Kier alpha value is -0.710. The van der Waals surface area contributed by atoms with Crippen molar-refractivity contribution in [1.29, 1.82) is 0 Å². The van der Waals surface area contributed by atoms with Gasteiger partial charge in [0.25, 0.3) is 0 Å². The third-order valence-electron chi connectivity index (χ3n) is 2.55. The molecule has 1 atom stereocenters. The Labute approximate surface area is 93.8 Å². The van der Waals surface area contributed by atoms with Crippen LogP contribution >= 0.6 is 11.8 Å². The third-order valence-corrected chi connectivity index (χ3v) is 4.07. The van der Waals surface area contributed by atoms with Gasteiger partial charge in [0, 0.05) is 13.0 Å². The number of carbonyl (C=O) groups is 2. The van der Waals surface area contributed by atoms with Crippen molar-refractivity contribution < 1.29 is 14.7 Å². The molecule has 1 aliphatic heterocycles. The van der Waals surface area contributed by atoms with Crippen molar-refractivity contribution in [2.45, 2.75) is 37.4 Å². The molecule has 1 heterocycles. The monoisotopic (exact) mass is 231 g/mol. The Morgan fingerprint density at radius 3 is 2.80 bits per heavy atom. The fourth-order valence-corrected chi connectivity index (χ4v) is 2.82. The number of thioether (sulfide) groups is 1. The van der Waals surface area contributed by atoms with Gasteiger partial charge in [-0.25, -0.2) is 0 Å². The molecule has 5 heteroatoms. The first-order valence-electron chi connectivity index (χ1n) is 5.19. The third kappa shape index (κ3) is 3.74. The van der Waals surface area contributed by atoms with Gasteiger partial charge in [-0.05, 0) is 31.9 Å². The molecule has 15 heavy (non-hydrogen) atoms. The van der Waals surface area contributed by atoms with E-state index in [1.807, 2.05) is 6.92 Å². The molecule has 1 amide bonds. The number of carboxylic acids is 1. The lowest BCUT2D eigenvalue weighted by molar-refractivity contribution is -0.137. The lowest BCUT2D eigenvalue weighted by atomic mass is 10.0. The topological polar surface area (TPSA) is 66.4 Å². The summed E-state index contributed by atoms with van der Waals surface area (Å²) in [6.07, 6.45) is 2.62. The second kappa shape index (κ2) is 5.39. The lowest BCUT2D eigenvalue weighted by Gasteiger charge is -2.21. The van der Waals surface area contributed by atoms with Crippen LogP contribution in [0, 0.1) is 0 Å². The van der Waals surface area contributed by atoms with Crippen LogP contribution in [0.2, 0.25) is 0 Å². The molecule has 0 spiro atoms. The van der Waals surface area contributed by atoms with Gasteiger partial charge in [-0.15, -0.1) is 11.8 Å². The molecule has 0 saturated carbocycles. The maximum Gasteiger partial charge on any atom is 0.303 e. The van der Waals surface area contributed by atoms with Crippen LogP contribution in [0.15, 0.2) is 0 Å². The van der Waals surface area contributed by atoms with Crippen molar-refractivity contribution in [3.05, 3.63) is 0 Å². The Balaban J connectivity index is 2.21. The summed E-state index contributed by atoms with van der Waals surface area (Å²) in [6, 6.07) is 0. The molecule has 0 aliphatic carbocycles. The Morgan fingerprint density at radius 1 is 1.53 bits per heavy atom. The summed E-state index contributed by atoms with van der Waals surface area (Å²) < 4.78 is -0.288. The van der Waals surface area contributed by atoms with Gasteiger partial charge in [-0.2, -0.15) is 0 Å². The van der Waals surface area contributed by atoms with Crippen molar-refractivity contribution in [2.24, 2.45) is 0 Å². The van der Waals surface area contributed by atoms with Gasteiger partial charge in [-0.3, -0.25) is 9.59 Å². The van der Waals surface area contributed by atoms with E-state index in [4.69, 9.17) is 5.11 Å². The van der Waals surface area contributed by atoms with E-state index in [1.54, 1.807) is 11.8 Å². The molecule has 4 nitrogen and oxygen atoms in total. The van der Waals surface area contributed by atoms with Gasteiger partial charge in [-0.1, -0.05) is 0 Å². The van der Waals surface area contributed by atoms with Crippen LogP contribution in [-0.4, -0.2) is 34.0 Å². The van der Waals surface area contributed by atoms with E-state index < -0.39 is 5.97 Å². The Kier molecular flexibility index (Phi) is 4.45. The lowest BCUT2D eigenvalue weighted by Crippen LogP contribution is -2.40. The van der Waals surface area contributed by atoms with Gasteiger partial charge < -0.3 is 10.4 Å². The molecule has 1 fully saturated rings. The van der Waals surface area contributed by atoms with Gasteiger partial charge in [0.05, 0.1) is 4.75 Å². The van der Waals surface area contributed by atoms with E-state index >= 15 is 0 Å². The van der Waals surface area contributed by atoms with Crippen LogP contribution in [0.3, 0.4) is 0 Å². The molecule has 1 unspecified atom stereocenters. The minimum atomic E-state index is -0.814. The quantitative estimate of drug-likeness (QED) is 0.699. The second-order valence-electron chi connectivity index (χ2n) is 3.94. The van der Waals surface area contributed by atoms with Gasteiger partial charge in [0.15, 0.2) is 0 Å². The van der Waals surface area contributed by atoms with E-state index in [2.05, 4.69) is 5.32 Å². The van der Waals surface area contributed by atoms with E-state index in [0.717, 1.165) is 18.6 Å². The molecule has 1 saturated heterocycles. The smallest absolute Gasteiger partial charge is 0.303 e. The van der Waals surface area contributed by atoms with Crippen molar-refractivity contribution in [1.82, 2.24) is 5.32 Å². The van der Waals surface area contributed by atoms with Gasteiger partial charge >= 0.3 is 5.97 Å². The predicted molar refractivity (Wildman–Crippen MR) is 60.0 cm³/mol. The Bertz CT molecular complexity index is 249. The first kappa shape index (κ1) is 12.4. The van der Waals surface area contributed by atoms with E-state index in [1.165, 1.54) is 0 Å². The number of hydrogen-bond acceptors (Lipinski definition) is 3. The van der Waals surface area contributed by atoms with E-state index in [9.17, 15) is 9.59 Å². The highest BCUT2D eigenvalue weighted by molar-refractivity contribution is 8.01. The molecule has 2 N–H and O–H groups in total. The van der Waals surface area contributed by atoms with Crippen molar-refractivity contribution >= 4 is 23.6 Å². The zero-order chi connectivity index (χ0) is 11.3. The SMILES string of the molecule is CC1(C(=O)NCCCC(=O)O)CCCS1. The van der Waals surface area contributed by atoms with E-state index in [-0.39, 0.29) is 17.1 Å². The normalized spacial score (nSPS) is 25.1. The van der Waals surface area contributed by atoms with Crippen LogP contribution in [0.4, 0.5) is 0 Å². The first-order chi connectivity index (χ1) is 7.04. The largest absolute Gasteiger partial charge is 0.481 e. The second-order valence-corrected chi connectivity index (χ2v) is 5.53. The maximum atomic E-state index is 11.7. The van der Waals surface area contributed by atoms with Crippen LogP contribution in [0.1, 0.15) is 32.6 Å². The van der Waals surface area contributed by atoms with Crippen molar-refractivity contribution in [2.75, 3.05) is 12.3 Å². The van der Waals surface area contributed by atoms with Crippen LogP contribution < -0.4 is 5.32 Å². The molecular formula is C10H17NO3S. The fraction of sp³-hybridized carbons (Fsp3) is 0.800. The molecule has 1 rings (SSSR count). The fourth-order valence-electron chi connectivity index (χ4n) is 1.59. The van der Waals surface area contributed by atoms with Crippen LogP contribution in [0.5, 0.6) is 0 Å². The number of nitrogens with one attached hydrogen (secondary N) is 1. The van der Waals surface area contributed by atoms with Gasteiger partial charge in [0.2, 0.25) is 5.91 Å². The minimum Gasteiger partial charge on any atom is -0.481 e. The van der Waals surface area contributed by atoms with Crippen LogP contribution in [0.25, 0.3) is 0 Å². The average molecular weight is 231 g/mol. The Morgan fingerprint density at radius 2 is 2.27 bits per heavy atom. The number of rotatable bonds is 5. The highest BCUT2D eigenvalue weighted by Gasteiger charge is 2.36. The summed E-state index contributed by atoms with van der Waals surface area (Å²) in [7, 11) is 0. The van der Waals surface area contributed by atoms with Gasteiger partial charge in [0.1, 0.15) is 0 Å². The molecule has 0 radical (unpaired) electrons. The highest BCUT2D eigenvalue weighted by Crippen LogP contribution is 2.37. The number of hydrogen-bond donors (Lipinski definition) is 2. The molecule has 0 bridgehead atoms. The summed E-state index contributed by atoms with van der Waals surface area (Å²) >= 11 is 1.69. The zero-order valence-electron chi connectivity index (χ0n) is 8.91. The van der Waals surface area contributed by atoms with Crippen molar-refractivity contribution in [3.63, 3.8) is 0 Å². The average Bonchev–Trinajstić information content (AvgIpc) is 2.60. The van der Waals surface area contributed by atoms with Crippen molar-refractivity contribution in [3.8, 4) is 0 Å². The maximum absolute atomic E-state index is 11.7. The summed E-state index contributed by atoms with van der Waals surface area (Å²) in [4.78, 5) is 22.0. The molecule has 1 aliphatic rings. The summed E-state index contributed by atoms with van der Waals surface area (Å²) in [5, 5.41) is 11.2. The molecule has 0 aromatic carbocycles. The number of carbonyl (C=O) groups excluding carboxylic acids is 1. The van der Waals surface area contributed by atoms with Crippen LogP contribution in [-0.2, 0) is 9.59 Å². The zero-order valence-corrected chi connectivity index (χ0v) is 9.73. The number of amides is 1.